The molecule has 0 spiro atoms. The molecule has 0 aromatic carbocycles. The van der Waals surface area contributed by atoms with E-state index in [-0.39, 0.29) is 5.56 Å². The highest BCUT2D eigenvalue weighted by atomic mass is 32.1. The third-order valence-electron chi connectivity index (χ3n) is 1.06. The Bertz CT molecular complexity index is 274. The molecule has 0 aliphatic heterocycles. The van der Waals surface area contributed by atoms with Gasteiger partial charge in [0.25, 0.3) is 0 Å². The van der Waals surface area contributed by atoms with E-state index < -0.39 is 5.13 Å². The van der Waals surface area contributed by atoms with Crippen LogP contribution < -0.4 is 5.73 Å². The molecule has 0 fully saturated rings. The van der Waals surface area contributed by atoms with Crippen molar-refractivity contribution in [1.82, 2.24) is 0 Å². The fraction of sp³-hybridized carbons (Fsp3) is 0.167. The number of thiophene rings is 1. The normalized spacial score (nSPS) is 9.30. The number of nitriles is 1. The Balaban J connectivity index is 3.07. The lowest BCUT2D eigenvalue weighted by molar-refractivity contribution is 0.654. The first-order valence-electron chi connectivity index (χ1n) is 2.66. The van der Waals surface area contributed by atoms with Crippen molar-refractivity contribution < 1.29 is 4.39 Å². The summed E-state index contributed by atoms with van der Waals surface area (Å²) in [6.45, 7) is 0.295. The Morgan fingerprint density at radius 1 is 1.80 bits per heavy atom. The quantitative estimate of drug-likeness (QED) is 0.664. The van der Waals surface area contributed by atoms with Crippen LogP contribution in [0.4, 0.5) is 4.39 Å². The molecular weight excluding hydrogens is 151 g/mol. The van der Waals surface area contributed by atoms with E-state index in [1.807, 2.05) is 0 Å². The summed E-state index contributed by atoms with van der Waals surface area (Å²) >= 11 is 0.925. The Morgan fingerprint density at radius 3 is 2.80 bits per heavy atom. The van der Waals surface area contributed by atoms with Gasteiger partial charge >= 0.3 is 0 Å². The molecule has 2 nitrogen and oxygen atoms in total. The summed E-state index contributed by atoms with van der Waals surface area (Å²) in [5.74, 6) is 0. The van der Waals surface area contributed by atoms with E-state index in [0.717, 1.165) is 11.3 Å². The second-order valence-corrected chi connectivity index (χ2v) is 2.80. The van der Waals surface area contributed by atoms with E-state index in [0.29, 0.717) is 11.4 Å². The first-order chi connectivity index (χ1) is 4.77. The second-order valence-electron chi connectivity index (χ2n) is 1.72. The Kier molecular flexibility index (Phi) is 2.00. The Morgan fingerprint density at radius 2 is 2.50 bits per heavy atom. The molecule has 0 radical (unpaired) electrons. The molecule has 1 rings (SSSR count). The molecule has 10 heavy (non-hydrogen) atoms. The predicted octanol–water partition coefficient (Wildman–Crippen LogP) is 1.22. The van der Waals surface area contributed by atoms with Gasteiger partial charge in [0.2, 0.25) is 0 Å². The predicted molar refractivity (Wildman–Crippen MR) is 36.9 cm³/mol. The molecule has 0 bridgehead atoms. The molecule has 0 aliphatic carbocycles. The number of rotatable bonds is 1. The minimum Gasteiger partial charge on any atom is -0.326 e. The van der Waals surface area contributed by atoms with Crippen LogP contribution in [0.1, 0.15) is 10.4 Å². The zero-order valence-corrected chi connectivity index (χ0v) is 5.91. The lowest BCUT2D eigenvalue weighted by Gasteiger charge is -1.79. The van der Waals surface area contributed by atoms with Gasteiger partial charge in [0, 0.05) is 11.4 Å². The number of nitrogens with zero attached hydrogens (tertiary/aromatic N) is 1. The maximum Gasteiger partial charge on any atom is 0.194 e. The smallest absolute Gasteiger partial charge is 0.194 e. The molecule has 1 heterocycles. The zero-order chi connectivity index (χ0) is 7.56. The molecule has 1 aromatic heterocycles. The minimum atomic E-state index is -0.442. The first-order valence-corrected chi connectivity index (χ1v) is 3.48. The molecule has 52 valence electrons. The first kappa shape index (κ1) is 7.19. The summed E-state index contributed by atoms with van der Waals surface area (Å²) in [5.41, 5.74) is 5.31. The molecule has 2 N–H and O–H groups in total. The number of hydrogen-bond acceptors (Lipinski definition) is 3. The highest BCUT2D eigenvalue weighted by molar-refractivity contribution is 7.10. The number of nitrogens with two attached hydrogens (primary N) is 1. The van der Waals surface area contributed by atoms with Crippen LogP contribution in [-0.2, 0) is 6.54 Å². The zero-order valence-electron chi connectivity index (χ0n) is 5.10. The molecule has 1 aromatic rings. The van der Waals surface area contributed by atoms with E-state index in [9.17, 15) is 4.39 Å². The summed E-state index contributed by atoms with van der Waals surface area (Å²) < 4.78 is 12.5. The van der Waals surface area contributed by atoms with Crippen LogP contribution in [0.2, 0.25) is 0 Å². The van der Waals surface area contributed by atoms with Crippen LogP contribution in [0.15, 0.2) is 6.07 Å². The monoisotopic (exact) mass is 156 g/mol. The van der Waals surface area contributed by atoms with Gasteiger partial charge in [0.1, 0.15) is 6.07 Å². The van der Waals surface area contributed by atoms with E-state index in [4.69, 9.17) is 11.0 Å². The molecule has 0 amide bonds. The standard InChI is InChI=1S/C6H5FN2S/c7-6-4(2-8)1-5(3-9)10-6/h1H,3,9H2. The third kappa shape index (κ3) is 1.15. The molecular formula is C6H5FN2S. The van der Waals surface area contributed by atoms with E-state index in [1.54, 1.807) is 6.07 Å². The molecule has 0 aliphatic rings. The second kappa shape index (κ2) is 2.78. The van der Waals surface area contributed by atoms with Gasteiger partial charge in [-0.05, 0) is 6.07 Å². The molecule has 0 atom stereocenters. The largest absolute Gasteiger partial charge is 0.326 e. The van der Waals surface area contributed by atoms with E-state index in [1.165, 1.54) is 6.07 Å². The summed E-state index contributed by atoms with van der Waals surface area (Å²) in [4.78, 5) is 0.703. The van der Waals surface area contributed by atoms with Gasteiger partial charge in [0.15, 0.2) is 5.13 Å². The molecule has 0 saturated heterocycles. The number of hydrogen-bond donors (Lipinski definition) is 1. The van der Waals surface area contributed by atoms with Gasteiger partial charge in [0.05, 0.1) is 5.56 Å². The Hall–Kier alpha value is -0.920. The summed E-state index contributed by atoms with van der Waals surface area (Å²) in [6.07, 6.45) is 0. The van der Waals surface area contributed by atoms with Crippen LogP contribution >= 0.6 is 11.3 Å². The average Bonchev–Trinajstić information content (AvgIpc) is 2.30. The van der Waals surface area contributed by atoms with Crippen LogP contribution in [0.25, 0.3) is 0 Å². The van der Waals surface area contributed by atoms with Crippen molar-refractivity contribution in [3.8, 4) is 6.07 Å². The van der Waals surface area contributed by atoms with Gasteiger partial charge in [-0.25, -0.2) is 0 Å². The van der Waals surface area contributed by atoms with E-state index >= 15 is 0 Å². The fourth-order valence-electron chi connectivity index (χ4n) is 0.594. The highest BCUT2D eigenvalue weighted by Gasteiger charge is 2.05. The molecule has 0 unspecified atom stereocenters. The van der Waals surface area contributed by atoms with Gasteiger partial charge in [-0.15, -0.1) is 11.3 Å². The van der Waals surface area contributed by atoms with Crippen molar-refractivity contribution in [1.29, 1.82) is 5.26 Å². The van der Waals surface area contributed by atoms with Crippen LogP contribution in [0.5, 0.6) is 0 Å². The van der Waals surface area contributed by atoms with Gasteiger partial charge in [-0.2, -0.15) is 9.65 Å². The summed E-state index contributed by atoms with van der Waals surface area (Å²) in [5, 5.41) is 7.86. The third-order valence-corrected chi connectivity index (χ3v) is 2.01. The van der Waals surface area contributed by atoms with Gasteiger partial charge < -0.3 is 5.73 Å². The summed E-state index contributed by atoms with van der Waals surface area (Å²) in [7, 11) is 0. The Labute approximate surface area is 61.7 Å². The van der Waals surface area contributed by atoms with Crippen molar-refractivity contribution in [2.24, 2.45) is 5.73 Å². The molecule has 0 saturated carbocycles. The lowest BCUT2D eigenvalue weighted by atomic mass is 10.3. The van der Waals surface area contributed by atoms with Crippen LogP contribution in [0, 0.1) is 16.5 Å². The SMILES string of the molecule is N#Cc1cc(CN)sc1F. The van der Waals surface area contributed by atoms with Crippen LogP contribution in [-0.4, -0.2) is 0 Å². The van der Waals surface area contributed by atoms with Crippen LogP contribution in [0.3, 0.4) is 0 Å². The van der Waals surface area contributed by atoms with Crippen molar-refractivity contribution in [2.45, 2.75) is 6.54 Å². The van der Waals surface area contributed by atoms with Crippen molar-refractivity contribution >= 4 is 11.3 Å². The average molecular weight is 156 g/mol. The van der Waals surface area contributed by atoms with Gasteiger partial charge in [-0.1, -0.05) is 0 Å². The van der Waals surface area contributed by atoms with Crippen molar-refractivity contribution in [2.75, 3.05) is 0 Å². The highest BCUT2D eigenvalue weighted by Crippen LogP contribution is 2.18. The van der Waals surface area contributed by atoms with Gasteiger partial charge in [-0.3, -0.25) is 0 Å². The number of halogens is 1. The minimum absolute atomic E-state index is 0.0884. The maximum absolute atomic E-state index is 12.5. The summed E-state index contributed by atoms with van der Waals surface area (Å²) in [6, 6.07) is 3.20. The van der Waals surface area contributed by atoms with Crippen molar-refractivity contribution in [3.05, 3.63) is 21.6 Å². The maximum atomic E-state index is 12.5. The topological polar surface area (TPSA) is 49.8 Å². The fourth-order valence-corrected chi connectivity index (χ4v) is 1.30. The lowest BCUT2D eigenvalue weighted by Crippen LogP contribution is -1.91. The van der Waals surface area contributed by atoms with E-state index in [2.05, 4.69) is 0 Å². The molecule has 4 heteroatoms. The van der Waals surface area contributed by atoms with Crippen molar-refractivity contribution in [3.63, 3.8) is 0 Å².